The van der Waals surface area contributed by atoms with E-state index in [-0.39, 0.29) is 0 Å². The minimum atomic E-state index is 0.363. The smallest absolute Gasteiger partial charge is 0.0128 e. The van der Waals surface area contributed by atoms with Crippen LogP contribution in [0.2, 0.25) is 0 Å². The lowest BCUT2D eigenvalue weighted by Gasteiger charge is -2.34. The maximum atomic E-state index is 3.65. The zero-order chi connectivity index (χ0) is 14.3. The molecular formula is C17H36N2. The van der Waals surface area contributed by atoms with Crippen molar-refractivity contribution in [3.05, 3.63) is 0 Å². The zero-order valence-corrected chi connectivity index (χ0v) is 14.0. The minimum Gasteiger partial charge on any atom is -0.314 e. The van der Waals surface area contributed by atoms with Crippen LogP contribution in [-0.4, -0.2) is 37.6 Å². The van der Waals surface area contributed by atoms with Gasteiger partial charge in [0.1, 0.15) is 0 Å². The molecule has 0 aromatic rings. The highest BCUT2D eigenvalue weighted by molar-refractivity contribution is 4.81. The maximum Gasteiger partial charge on any atom is 0.0128 e. The summed E-state index contributed by atoms with van der Waals surface area (Å²) in [5.74, 6) is 0.964. The first-order valence-corrected chi connectivity index (χ1v) is 8.35. The van der Waals surface area contributed by atoms with Crippen LogP contribution in [0, 0.1) is 11.3 Å². The van der Waals surface area contributed by atoms with Gasteiger partial charge in [-0.2, -0.15) is 0 Å². The van der Waals surface area contributed by atoms with E-state index in [0.717, 1.165) is 12.5 Å². The summed E-state index contributed by atoms with van der Waals surface area (Å²) >= 11 is 0. The lowest BCUT2D eigenvalue weighted by atomic mass is 9.84. The third-order valence-electron chi connectivity index (χ3n) is 4.59. The molecule has 2 nitrogen and oxygen atoms in total. The predicted octanol–water partition coefficient (Wildman–Crippen LogP) is 3.91. The number of hydrogen-bond donors (Lipinski definition) is 1. The molecule has 0 bridgehead atoms. The standard InChI is InChI=1S/C17H36N2/c1-6-18-16(17(2,3)4)12-13-19(5)14-15-10-8-7-9-11-15/h15-16,18H,6-14H2,1-5H3. The van der Waals surface area contributed by atoms with Gasteiger partial charge in [-0.05, 0) is 50.7 Å². The molecule has 0 saturated heterocycles. The highest BCUT2D eigenvalue weighted by Crippen LogP contribution is 2.25. The predicted molar refractivity (Wildman–Crippen MR) is 85.6 cm³/mol. The van der Waals surface area contributed by atoms with Gasteiger partial charge in [-0.1, -0.05) is 47.0 Å². The summed E-state index contributed by atoms with van der Waals surface area (Å²) in [7, 11) is 2.31. The number of nitrogens with zero attached hydrogens (tertiary/aromatic N) is 1. The van der Waals surface area contributed by atoms with Crippen LogP contribution in [0.25, 0.3) is 0 Å². The average molecular weight is 268 g/mol. The Morgan fingerprint density at radius 1 is 1.16 bits per heavy atom. The van der Waals surface area contributed by atoms with Crippen molar-refractivity contribution in [2.75, 3.05) is 26.7 Å². The first-order chi connectivity index (χ1) is 8.93. The van der Waals surface area contributed by atoms with Crippen molar-refractivity contribution >= 4 is 0 Å². The highest BCUT2D eigenvalue weighted by atomic mass is 15.1. The summed E-state index contributed by atoms with van der Waals surface area (Å²) in [5.41, 5.74) is 0.363. The van der Waals surface area contributed by atoms with Crippen LogP contribution >= 0.6 is 0 Å². The van der Waals surface area contributed by atoms with E-state index in [1.54, 1.807) is 0 Å². The fourth-order valence-electron chi connectivity index (χ4n) is 3.34. The van der Waals surface area contributed by atoms with E-state index in [9.17, 15) is 0 Å². The van der Waals surface area contributed by atoms with Gasteiger partial charge in [-0.25, -0.2) is 0 Å². The van der Waals surface area contributed by atoms with Crippen LogP contribution in [0.1, 0.15) is 66.2 Å². The van der Waals surface area contributed by atoms with Crippen molar-refractivity contribution in [1.82, 2.24) is 10.2 Å². The van der Waals surface area contributed by atoms with Crippen LogP contribution in [0.5, 0.6) is 0 Å². The molecule has 0 radical (unpaired) electrons. The van der Waals surface area contributed by atoms with Crippen molar-refractivity contribution in [1.29, 1.82) is 0 Å². The Labute approximate surface area is 121 Å². The van der Waals surface area contributed by atoms with Crippen molar-refractivity contribution in [3.8, 4) is 0 Å². The third-order valence-corrected chi connectivity index (χ3v) is 4.59. The van der Waals surface area contributed by atoms with Gasteiger partial charge < -0.3 is 10.2 Å². The van der Waals surface area contributed by atoms with Crippen LogP contribution in [-0.2, 0) is 0 Å². The second-order valence-corrected chi connectivity index (χ2v) is 7.53. The van der Waals surface area contributed by atoms with Crippen molar-refractivity contribution < 1.29 is 0 Å². The first kappa shape index (κ1) is 17.0. The number of nitrogens with one attached hydrogen (secondary N) is 1. The highest BCUT2D eigenvalue weighted by Gasteiger charge is 2.24. The van der Waals surface area contributed by atoms with E-state index >= 15 is 0 Å². The Kier molecular flexibility index (Phi) is 7.38. The second-order valence-electron chi connectivity index (χ2n) is 7.53. The molecule has 0 aliphatic heterocycles. The molecule has 1 unspecified atom stereocenters. The first-order valence-electron chi connectivity index (χ1n) is 8.35. The molecule has 0 amide bonds. The van der Waals surface area contributed by atoms with E-state index in [4.69, 9.17) is 0 Å². The molecule has 0 aromatic heterocycles. The molecule has 1 rings (SSSR count). The number of rotatable bonds is 7. The molecule has 2 heteroatoms. The third kappa shape index (κ3) is 6.76. The summed E-state index contributed by atoms with van der Waals surface area (Å²) in [6.07, 6.45) is 8.56. The lowest BCUT2D eigenvalue weighted by Crippen LogP contribution is -2.42. The van der Waals surface area contributed by atoms with Gasteiger partial charge >= 0.3 is 0 Å². The van der Waals surface area contributed by atoms with Crippen molar-refractivity contribution in [3.63, 3.8) is 0 Å². The molecule has 0 aromatic carbocycles. The molecule has 0 spiro atoms. The normalized spacial score (nSPS) is 19.9. The topological polar surface area (TPSA) is 15.3 Å². The molecule has 1 aliphatic rings. The molecule has 114 valence electrons. The quantitative estimate of drug-likeness (QED) is 0.753. The monoisotopic (exact) mass is 268 g/mol. The van der Waals surface area contributed by atoms with Gasteiger partial charge in [-0.3, -0.25) is 0 Å². The Balaban J connectivity index is 2.28. The summed E-state index contributed by atoms with van der Waals surface area (Å²) in [6, 6.07) is 0.631. The molecule has 1 atom stereocenters. The van der Waals surface area contributed by atoms with Gasteiger partial charge in [0.2, 0.25) is 0 Å². The fourth-order valence-corrected chi connectivity index (χ4v) is 3.34. The number of hydrogen-bond acceptors (Lipinski definition) is 2. The summed E-state index contributed by atoms with van der Waals surface area (Å²) in [5, 5.41) is 3.65. The minimum absolute atomic E-state index is 0.363. The van der Waals surface area contributed by atoms with E-state index in [0.29, 0.717) is 11.5 Å². The van der Waals surface area contributed by atoms with E-state index in [1.165, 1.54) is 51.6 Å². The molecule has 1 fully saturated rings. The van der Waals surface area contributed by atoms with Crippen molar-refractivity contribution in [2.45, 2.75) is 72.3 Å². The molecule has 0 heterocycles. The fraction of sp³-hybridized carbons (Fsp3) is 1.00. The largest absolute Gasteiger partial charge is 0.314 e. The van der Waals surface area contributed by atoms with Gasteiger partial charge in [-0.15, -0.1) is 0 Å². The van der Waals surface area contributed by atoms with Crippen molar-refractivity contribution in [2.24, 2.45) is 11.3 Å². The van der Waals surface area contributed by atoms with Gasteiger partial charge in [0, 0.05) is 12.6 Å². The summed E-state index contributed by atoms with van der Waals surface area (Å²) < 4.78 is 0. The Bertz CT molecular complexity index is 226. The Hall–Kier alpha value is -0.0800. The molecule has 1 N–H and O–H groups in total. The lowest BCUT2D eigenvalue weighted by molar-refractivity contribution is 0.195. The van der Waals surface area contributed by atoms with Crippen LogP contribution in [0.4, 0.5) is 0 Å². The molecule has 19 heavy (non-hydrogen) atoms. The Morgan fingerprint density at radius 3 is 2.32 bits per heavy atom. The van der Waals surface area contributed by atoms with E-state index in [1.807, 2.05) is 0 Å². The van der Waals surface area contributed by atoms with Crippen LogP contribution in [0.15, 0.2) is 0 Å². The van der Waals surface area contributed by atoms with Crippen LogP contribution in [0.3, 0.4) is 0 Å². The van der Waals surface area contributed by atoms with Crippen LogP contribution < -0.4 is 5.32 Å². The SMILES string of the molecule is CCNC(CCN(C)CC1CCCCC1)C(C)(C)C. The summed E-state index contributed by atoms with van der Waals surface area (Å²) in [4.78, 5) is 2.56. The zero-order valence-electron chi connectivity index (χ0n) is 14.0. The van der Waals surface area contributed by atoms with E-state index < -0.39 is 0 Å². The van der Waals surface area contributed by atoms with Gasteiger partial charge in [0.15, 0.2) is 0 Å². The molecule has 1 aliphatic carbocycles. The Morgan fingerprint density at radius 2 is 1.79 bits per heavy atom. The molecule has 1 saturated carbocycles. The van der Waals surface area contributed by atoms with Gasteiger partial charge in [0.05, 0.1) is 0 Å². The maximum absolute atomic E-state index is 3.65. The molecular weight excluding hydrogens is 232 g/mol. The summed E-state index contributed by atoms with van der Waals surface area (Å²) in [6.45, 7) is 12.9. The van der Waals surface area contributed by atoms with Gasteiger partial charge in [0.25, 0.3) is 0 Å². The second kappa shape index (κ2) is 8.26. The average Bonchev–Trinajstić information content (AvgIpc) is 2.34. The van der Waals surface area contributed by atoms with E-state index in [2.05, 4.69) is 45.0 Å².